The number of esters is 1. The molecule has 4 heteroatoms. The third kappa shape index (κ3) is 3.77. The van der Waals surface area contributed by atoms with E-state index < -0.39 is 0 Å². The molecule has 0 radical (unpaired) electrons. The van der Waals surface area contributed by atoms with Crippen molar-refractivity contribution in [1.29, 1.82) is 5.26 Å². The van der Waals surface area contributed by atoms with E-state index in [4.69, 9.17) is 10.00 Å². The summed E-state index contributed by atoms with van der Waals surface area (Å²) < 4.78 is 4.71. The topological polar surface area (TPSA) is 62.1 Å². The SMILES string of the molecule is COC(=O)C(C)C(C)Nc1ccc(CC#N)cc1. The van der Waals surface area contributed by atoms with Crippen LogP contribution in [0.4, 0.5) is 5.69 Å². The van der Waals surface area contributed by atoms with Crippen molar-refractivity contribution in [1.82, 2.24) is 0 Å². The third-order valence-electron chi connectivity index (χ3n) is 2.95. The van der Waals surface area contributed by atoms with Crippen molar-refractivity contribution < 1.29 is 9.53 Å². The van der Waals surface area contributed by atoms with Crippen LogP contribution in [0.5, 0.6) is 0 Å². The number of hydrogen-bond acceptors (Lipinski definition) is 4. The lowest BCUT2D eigenvalue weighted by molar-refractivity contribution is -0.145. The molecule has 0 fully saturated rings. The number of rotatable bonds is 5. The monoisotopic (exact) mass is 246 g/mol. The van der Waals surface area contributed by atoms with Crippen molar-refractivity contribution in [2.24, 2.45) is 5.92 Å². The average molecular weight is 246 g/mol. The lowest BCUT2D eigenvalue weighted by Crippen LogP contribution is -2.30. The molecule has 2 atom stereocenters. The van der Waals surface area contributed by atoms with Crippen LogP contribution < -0.4 is 5.32 Å². The molecule has 1 aromatic carbocycles. The molecule has 1 aromatic rings. The van der Waals surface area contributed by atoms with E-state index in [1.807, 2.05) is 38.1 Å². The van der Waals surface area contributed by atoms with Gasteiger partial charge >= 0.3 is 5.97 Å². The molecule has 4 nitrogen and oxygen atoms in total. The molecular weight excluding hydrogens is 228 g/mol. The summed E-state index contributed by atoms with van der Waals surface area (Å²) in [6.07, 6.45) is 0.411. The number of benzene rings is 1. The van der Waals surface area contributed by atoms with Crippen LogP contribution >= 0.6 is 0 Å². The van der Waals surface area contributed by atoms with Crippen LogP contribution in [0.25, 0.3) is 0 Å². The van der Waals surface area contributed by atoms with E-state index >= 15 is 0 Å². The maximum absolute atomic E-state index is 11.4. The van der Waals surface area contributed by atoms with Crippen molar-refractivity contribution in [3.05, 3.63) is 29.8 Å². The van der Waals surface area contributed by atoms with E-state index in [-0.39, 0.29) is 17.9 Å². The predicted molar refractivity (Wildman–Crippen MR) is 70.0 cm³/mol. The quantitative estimate of drug-likeness (QED) is 0.810. The van der Waals surface area contributed by atoms with Gasteiger partial charge in [-0.15, -0.1) is 0 Å². The van der Waals surface area contributed by atoms with E-state index in [1.54, 1.807) is 0 Å². The third-order valence-corrected chi connectivity index (χ3v) is 2.95. The molecule has 0 aliphatic carbocycles. The number of anilines is 1. The van der Waals surface area contributed by atoms with Crippen LogP contribution in [-0.2, 0) is 16.0 Å². The number of hydrogen-bond donors (Lipinski definition) is 1. The molecule has 2 unspecified atom stereocenters. The minimum Gasteiger partial charge on any atom is -0.469 e. The van der Waals surface area contributed by atoms with Crippen molar-refractivity contribution in [3.63, 3.8) is 0 Å². The summed E-state index contributed by atoms with van der Waals surface area (Å²) in [6, 6.07) is 9.72. The molecule has 0 aromatic heterocycles. The number of carbonyl (C=O) groups excluding carboxylic acids is 1. The number of nitriles is 1. The summed E-state index contributed by atoms with van der Waals surface area (Å²) in [7, 11) is 1.39. The molecule has 1 rings (SSSR count). The average Bonchev–Trinajstić information content (AvgIpc) is 2.39. The maximum Gasteiger partial charge on any atom is 0.310 e. The zero-order valence-electron chi connectivity index (χ0n) is 10.9. The summed E-state index contributed by atoms with van der Waals surface area (Å²) in [5.41, 5.74) is 1.91. The zero-order valence-corrected chi connectivity index (χ0v) is 10.9. The summed E-state index contributed by atoms with van der Waals surface area (Å²) in [5, 5.41) is 11.8. The first-order chi connectivity index (χ1) is 8.58. The Morgan fingerprint density at radius 2 is 2.00 bits per heavy atom. The first-order valence-electron chi connectivity index (χ1n) is 5.88. The largest absolute Gasteiger partial charge is 0.469 e. The second-order valence-corrected chi connectivity index (χ2v) is 4.28. The number of nitrogens with one attached hydrogen (secondary N) is 1. The molecule has 0 spiro atoms. The van der Waals surface area contributed by atoms with Gasteiger partial charge in [0.25, 0.3) is 0 Å². The second-order valence-electron chi connectivity index (χ2n) is 4.28. The van der Waals surface area contributed by atoms with Gasteiger partial charge in [-0.25, -0.2) is 0 Å². The number of methoxy groups -OCH3 is 1. The van der Waals surface area contributed by atoms with E-state index in [0.29, 0.717) is 6.42 Å². The highest BCUT2D eigenvalue weighted by Gasteiger charge is 2.20. The van der Waals surface area contributed by atoms with Gasteiger partial charge in [0.2, 0.25) is 0 Å². The van der Waals surface area contributed by atoms with Gasteiger partial charge in [-0.2, -0.15) is 5.26 Å². The Hall–Kier alpha value is -2.02. The van der Waals surface area contributed by atoms with Gasteiger partial charge < -0.3 is 10.1 Å². The van der Waals surface area contributed by atoms with Crippen LogP contribution in [0.1, 0.15) is 19.4 Å². The molecule has 0 aliphatic heterocycles. The Labute approximate surface area is 108 Å². The van der Waals surface area contributed by atoms with Crippen LogP contribution in [-0.4, -0.2) is 19.1 Å². The van der Waals surface area contributed by atoms with Crippen molar-refractivity contribution in [3.8, 4) is 6.07 Å². The fourth-order valence-corrected chi connectivity index (χ4v) is 1.59. The van der Waals surface area contributed by atoms with Crippen LogP contribution in [0.3, 0.4) is 0 Å². The normalized spacial score (nSPS) is 13.2. The first kappa shape index (κ1) is 14.0. The smallest absolute Gasteiger partial charge is 0.310 e. The van der Waals surface area contributed by atoms with Gasteiger partial charge in [-0.1, -0.05) is 12.1 Å². The summed E-state index contributed by atoms with van der Waals surface area (Å²) >= 11 is 0. The Bertz CT molecular complexity index is 434. The van der Waals surface area contributed by atoms with Gasteiger partial charge in [0.05, 0.1) is 25.5 Å². The van der Waals surface area contributed by atoms with Crippen LogP contribution in [0.2, 0.25) is 0 Å². The van der Waals surface area contributed by atoms with Gasteiger partial charge in [0.15, 0.2) is 0 Å². The molecule has 1 N–H and O–H groups in total. The Morgan fingerprint density at radius 1 is 1.39 bits per heavy atom. The van der Waals surface area contributed by atoms with Crippen molar-refractivity contribution in [2.45, 2.75) is 26.3 Å². The predicted octanol–water partition coefficient (Wildman–Crippen LogP) is 2.36. The Balaban J connectivity index is 2.62. The molecule has 18 heavy (non-hydrogen) atoms. The molecule has 0 bridgehead atoms. The molecule has 0 heterocycles. The zero-order chi connectivity index (χ0) is 13.5. The van der Waals surface area contributed by atoms with Gasteiger partial charge in [-0.3, -0.25) is 4.79 Å². The van der Waals surface area contributed by atoms with Gasteiger partial charge in [0.1, 0.15) is 0 Å². The fraction of sp³-hybridized carbons (Fsp3) is 0.429. The van der Waals surface area contributed by atoms with Gasteiger partial charge in [0, 0.05) is 11.7 Å². The Morgan fingerprint density at radius 3 is 2.50 bits per heavy atom. The van der Waals surface area contributed by atoms with E-state index in [2.05, 4.69) is 11.4 Å². The van der Waals surface area contributed by atoms with Crippen LogP contribution in [0.15, 0.2) is 24.3 Å². The highest BCUT2D eigenvalue weighted by Crippen LogP contribution is 2.15. The summed E-state index contributed by atoms with van der Waals surface area (Å²) in [5.74, 6) is -0.440. The Kier molecular flexibility index (Phi) is 5.19. The maximum atomic E-state index is 11.4. The first-order valence-corrected chi connectivity index (χ1v) is 5.88. The molecular formula is C14H18N2O2. The van der Waals surface area contributed by atoms with Crippen molar-refractivity contribution >= 4 is 11.7 Å². The van der Waals surface area contributed by atoms with E-state index in [9.17, 15) is 4.79 Å². The molecule has 0 amide bonds. The minimum atomic E-state index is -0.226. The molecule has 0 aliphatic rings. The number of nitrogens with zero attached hydrogens (tertiary/aromatic N) is 1. The number of carbonyl (C=O) groups is 1. The highest BCUT2D eigenvalue weighted by molar-refractivity contribution is 5.73. The second kappa shape index (κ2) is 6.65. The van der Waals surface area contributed by atoms with Crippen molar-refractivity contribution in [2.75, 3.05) is 12.4 Å². The standard InChI is InChI=1S/C14H18N2O2/c1-10(14(17)18-3)11(2)16-13-6-4-12(5-7-13)8-9-15/h4-7,10-11,16H,8H2,1-3H3. The molecule has 0 saturated heterocycles. The minimum absolute atomic E-state index is 0.0146. The lowest BCUT2D eigenvalue weighted by Gasteiger charge is -2.20. The highest BCUT2D eigenvalue weighted by atomic mass is 16.5. The van der Waals surface area contributed by atoms with E-state index in [1.165, 1.54) is 7.11 Å². The number of ether oxygens (including phenoxy) is 1. The van der Waals surface area contributed by atoms with Gasteiger partial charge in [-0.05, 0) is 31.5 Å². The fourth-order valence-electron chi connectivity index (χ4n) is 1.59. The summed E-state index contributed by atoms with van der Waals surface area (Å²) in [6.45, 7) is 3.76. The lowest BCUT2D eigenvalue weighted by atomic mass is 10.0. The molecule has 0 saturated carbocycles. The van der Waals surface area contributed by atoms with E-state index in [0.717, 1.165) is 11.3 Å². The summed E-state index contributed by atoms with van der Waals surface area (Å²) in [4.78, 5) is 11.4. The van der Waals surface area contributed by atoms with Crippen LogP contribution in [0, 0.1) is 17.2 Å². The molecule has 96 valence electrons.